The fraction of sp³-hybridized carbons (Fsp3) is 0.259. The van der Waals surface area contributed by atoms with E-state index in [1.807, 2.05) is 24.3 Å². The van der Waals surface area contributed by atoms with Gasteiger partial charge in [0.15, 0.2) is 5.82 Å². The van der Waals surface area contributed by atoms with Gasteiger partial charge >= 0.3 is 0 Å². The Labute approximate surface area is 214 Å². The third-order valence-corrected chi connectivity index (χ3v) is 8.04. The van der Waals surface area contributed by atoms with Gasteiger partial charge in [-0.15, -0.1) is 11.3 Å². The summed E-state index contributed by atoms with van der Waals surface area (Å²) >= 11 is 3.10. The van der Waals surface area contributed by atoms with E-state index in [0.29, 0.717) is 16.9 Å². The molecular formula is C27H28FN5S2. The summed E-state index contributed by atoms with van der Waals surface area (Å²) in [6.45, 7) is 6.13. The van der Waals surface area contributed by atoms with Crippen LogP contribution in [0.5, 0.6) is 0 Å². The first-order valence-electron chi connectivity index (χ1n) is 11.9. The second-order valence-electron chi connectivity index (χ2n) is 8.33. The molecular weight excluding hydrogens is 477 g/mol. The molecule has 1 saturated heterocycles. The molecule has 0 amide bonds. The van der Waals surface area contributed by atoms with Crippen LogP contribution in [-0.2, 0) is 0 Å². The van der Waals surface area contributed by atoms with Gasteiger partial charge in [0, 0.05) is 61.1 Å². The van der Waals surface area contributed by atoms with Gasteiger partial charge in [0.1, 0.15) is 5.01 Å². The summed E-state index contributed by atoms with van der Waals surface area (Å²) < 4.78 is 18.8. The molecule has 1 fully saturated rings. The van der Waals surface area contributed by atoms with Crippen molar-refractivity contribution in [2.45, 2.75) is 13.3 Å². The molecule has 2 aromatic carbocycles. The highest BCUT2D eigenvalue weighted by Crippen LogP contribution is 2.42. The van der Waals surface area contributed by atoms with Crippen LogP contribution in [0, 0.1) is 5.82 Å². The molecule has 35 heavy (non-hydrogen) atoms. The molecule has 2 N–H and O–H groups in total. The lowest BCUT2D eigenvalue weighted by Crippen LogP contribution is -2.43. The smallest absolute Gasteiger partial charge is 0.156 e. The van der Waals surface area contributed by atoms with Gasteiger partial charge in [-0.1, -0.05) is 24.9 Å². The molecule has 0 saturated carbocycles. The van der Waals surface area contributed by atoms with E-state index in [4.69, 9.17) is 4.98 Å². The van der Waals surface area contributed by atoms with Crippen LogP contribution in [0.2, 0.25) is 0 Å². The SMILES string of the molecule is CCCSNc1cccc(-c2nc(-c3ccc(N4CCNCC4)cc3)sc2-c2ccncc2)c1F. The van der Waals surface area contributed by atoms with Crippen LogP contribution in [0.4, 0.5) is 15.8 Å². The quantitative estimate of drug-likeness (QED) is 0.209. The van der Waals surface area contributed by atoms with E-state index in [1.165, 1.54) is 17.6 Å². The highest BCUT2D eigenvalue weighted by molar-refractivity contribution is 8.00. The summed E-state index contributed by atoms with van der Waals surface area (Å²) in [4.78, 5) is 12.4. The lowest BCUT2D eigenvalue weighted by Gasteiger charge is -2.29. The number of nitrogens with zero attached hydrogens (tertiary/aromatic N) is 3. The van der Waals surface area contributed by atoms with E-state index in [9.17, 15) is 0 Å². The Balaban J connectivity index is 1.52. The Morgan fingerprint density at radius 2 is 1.80 bits per heavy atom. The molecule has 5 rings (SSSR count). The number of benzene rings is 2. The predicted molar refractivity (Wildman–Crippen MR) is 148 cm³/mol. The number of piperazine rings is 1. The van der Waals surface area contributed by atoms with Crippen LogP contribution in [0.25, 0.3) is 32.3 Å². The van der Waals surface area contributed by atoms with E-state index in [1.54, 1.807) is 29.8 Å². The summed E-state index contributed by atoms with van der Waals surface area (Å²) in [5.41, 5.74) is 4.87. The zero-order valence-electron chi connectivity index (χ0n) is 19.6. The van der Waals surface area contributed by atoms with Gasteiger partial charge in [-0.05, 0) is 60.5 Å². The third-order valence-electron chi connectivity index (χ3n) is 5.91. The minimum atomic E-state index is -0.280. The molecule has 0 aliphatic carbocycles. The number of aromatic nitrogens is 2. The first kappa shape index (κ1) is 23.8. The standard InChI is InChI=1S/C27H28FN5S2/c1-2-18-34-32-23-5-3-4-22(24(23)28)25-26(19-10-12-29-13-11-19)35-27(31-25)20-6-8-21(9-7-20)33-16-14-30-15-17-33/h3-13,30,32H,2,14-18H2,1H3. The van der Waals surface area contributed by atoms with Gasteiger partial charge < -0.3 is 14.9 Å². The maximum absolute atomic E-state index is 15.6. The van der Waals surface area contributed by atoms with Crippen molar-refractivity contribution < 1.29 is 4.39 Å². The Kier molecular flexibility index (Phi) is 7.61. The fourth-order valence-corrected chi connectivity index (χ4v) is 5.80. The van der Waals surface area contributed by atoms with Crippen molar-refractivity contribution >= 4 is 34.7 Å². The minimum absolute atomic E-state index is 0.280. The molecule has 1 aliphatic heterocycles. The van der Waals surface area contributed by atoms with Crippen molar-refractivity contribution in [3.8, 4) is 32.3 Å². The normalized spacial score (nSPS) is 13.7. The highest BCUT2D eigenvalue weighted by atomic mass is 32.2. The van der Waals surface area contributed by atoms with Gasteiger partial charge in [0.25, 0.3) is 0 Å². The summed E-state index contributed by atoms with van der Waals surface area (Å²) in [5, 5.41) is 4.27. The maximum Gasteiger partial charge on any atom is 0.156 e. The number of nitrogens with one attached hydrogen (secondary N) is 2. The van der Waals surface area contributed by atoms with Crippen molar-refractivity contribution in [2.24, 2.45) is 0 Å². The van der Waals surface area contributed by atoms with E-state index in [0.717, 1.165) is 59.4 Å². The predicted octanol–water partition coefficient (Wildman–Crippen LogP) is 6.56. The third kappa shape index (κ3) is 5.34. The largest absolute Gasteiger partial charge is 0.369 e. The van der Waals surface area contributed by atoms with Gasteiger partial charge in [-0.3, -0.25) is 4.98 Å². The zero-order valence-corrected chi connectivity index (χ0v) is 21.3. The molecule has 0 bridgehead atoms. The van der Waals surface area contributed by atoms with Crippen molar-refractivity contribution in [2.75, 3.05) is 41.6 Å². The minimum Gasteiger partial charge on any atom is -0.369 e. The van der Waals surface area contributed by atoms with Crippen LogP contribution in [0.15, 0.2) is 67.0 Å². The summed E-state index contributed by atoms with van der Waals surface area (Å²) in [7, 11) is 0. The monoisotopic (exact) mass is 505 g/mol. The number of halogens is 1. The van der Waals surface area contributed by atoms with Crippen LogP contribution in [0.3, 0.4) is 0 Å². The average molecular weight is 506 g/mol. The Bertz CT molecular complexity index is 1250. The number of rotatable bonds is 8. The molecule has 0 atom stereocenters. The number of pyridine rings is 1. The van der Waals surface area contributed by atoms with Gasteiger partial charge in [-0.25, -0.2) is 9.37 Å². The molecule has 5 nitrogen and oxygen atoms in total. The lowest BCUT2D eigenvalue weighted by atomic mass is 10.1. The van der Waals surface area contributed by atoms with Gasteiger partial charge in [0.05, 0.1) is 16.3 Å². The van der Waals surface area contributed by atoms with Crippen LogP contribution >= 0.6 is 23.3 Å². The second kappa shape index (κ2) is 11.2. The van der Waals surface area contributed by atoms with E-state index in [-0.39, 0.29) is 5.82 Å². The zero-order chi connectivity index (χ0) is 24.0. The fourth-order valence-electron chi connectivity index (χ4n) is 4.09. The summed E-state index contributed by atoms with van der Waals surface area (Å²) in [6.07, 6.45) is 4.54. The van der Waals surface area contributed by atoms with E-state index in [2.05, 4.69) is 51.1 Å². The molecule has 0 radical (unpaired) electrons. The molecule has 2 aromatic heterocycles. The van der Waals surface area contributed by atoms with Crippen molar-refractivity contribution in [1.29, 1.82) is 0 Å². The Morgan fingerprint density at radius 3 is 2.54 bits per heavy atom. The van der Waals surface area contributed by atoms with Gasteiger partial charge in [0.2, 0.25) is 0 Å². The van der Waals surface area contributed by atoms with Crippen LogP contribution < -0.4 is 14.9 Å². The maximum atomic E-state index is 15.6. The molecule has 3 heterocycles. The summed E-state index contributed by atoms with van der Waals surface area (Å²) in [6, 6.07) is 17.9. The Morgan fingerprint density at radius 1 is 1.03 bits per heavy atom. The van der Waals surface area contributed by atoms with Crippen LogP contribution in [-0.4, -0.2) is 41.9 Å². The van der Waals surface area contributed by atoms with Crippen LogP contribution in [0.1, 0.15) is 13.3 Å². The average Bonchev–Trinajstić information content (AvgIpc) is 3.36. The van der Waals surface area contributed by atoms with E-state index >= 15 is 4.39 Å². The Hall–Kier alpha value is -2.94. The molecule has 0 unspecified atom stereocenters. The molecule has 1 aliphatic rings. The number of thiazole rings is 1. The van der Waals surface area contributed by atoms with Gasteiger partial charge in [-0.2, -0.15) is 0 Å². The van der Waals surface area contributed by atoms with Crippen molar-refractivity contribution in [1.82, 2.24) is 15.3 Å². The van der Waals surface area contributed by atoms with E-state index < -0.39 is 0 Å². The molecule has 0 spiro atoms. The van der Waals surface area contributed by atoms with Crippen molar-refractivity contribution in [3.05, 3.63) is 72.8 Å². The molecule has 4 aromatic rings. The first-order chi connectivity index (χ1) is 17.2. The van der Waals surface area contributed by atoms with Crippen molar-refractivity contribution in [3.63, 3.8) is 0 Å². The molecule has 180 valence electrons. The highest BCUT2D eigenvalue weighted by Gasteiger charge is 2.21. The first-order valence-corrected chi connectivity index (χ1v) is 13.7. The number of hydrogen-bond acceptors (Lipinski definition) is 7. The summed E-state index contributed by atoms with van der Waals surface area (Å²) in [5.74, 6) is 0.633. The molecule has 8 heteroatoms. The lowest BCUT2D eigenvalue weighted by molar-refractivity contribution is 0.589. The number of anilines is 2. The topological polar surface area (TPSA) is 53.1 Å². The number of hydrogen-bond donors (Lipinski definition) is 2. The second-order valence-corrected chi connectivity index (χ2v) is 10.2.